The molecule has 2 aliphatic rings. The Labute approximate surface area is 180 Å². The number of esters is 1. The molecule has 0 atom stereocenters. The van der Waals surface area contributed by atoms with E-state index in [1.165, 1.54) is 12.8 Å². The van der Waals surface area contributed by atoms with Gasteiger partial charge in [-0.1, -0.05) is 0 Å². The fraction of sp³-hybridized carbons (Fsp3) is 0.500. The summed E-state index contributed by atoms with van der Waals surface area (Å²) in [4.78, 5) is 32.0. The molecule has 1 aliphatic heterocycles. The molecule has 5 rings (SSSR count). The van der Waals surface area contributed by atoms with Crippen molar-refractivity contribution in [3.8, 4) is 0 Å². The van der Waals surface area contributed by atoms with Crippen LogP contribution in [0.1, 0.15) is 63.4 Å². The van der Waals surface area contributed by atoms with Crippen LogP contribution in [0.4, 0.5) is 0 Å². The third kappa shape index (κ3) is 3.58. The summed E-state index contributed by atoms with van der Waals surface area (Å²) in [7, 11) is 0. The van der Waals surface area contributed by atoms with Crippen LogP contribution in [-0.4, -0.2) is 54.3 Å². The van der Waals surface area contributed by atoms with Gasteiger partial charge in [-0.2, -0.15) is 10.2 Å². The zero-order chi connectivity index (χ0) is 21.7. The second-order valence-electron chi connectivity index (χ2n) is 8.44. The highest BCUT2D eigenvalue weighted by molar-refractivity contribution is 5.94. The van der Waals surface area contributed by atoms with E-state index in [1.807, 2.05) is 24.6 Å². The predicted octanol–water partition coefficient (Wildman–Crippen LogP) is 2.33. The Morgan fingerprint density at radius 1 is 1.19 bits per heavy atom. The Morgan fingerprint density at radius 2 is 2.00 bits per heavy atom. The molecule has 4 heterocycles. The van der Waals surface area contributed by atoms with Gasteiger partial charge in [-0.25, -0.2) is 14.3 Å². The largest absolute Gasteiger partial charge is 0.461 e. The molecule has 1 saturated carbocycles. The highest BCUT2D eigenvalue weighted by atomic mass is 16.5. The zero-order valence-electron chi connectivity index (χ0n) is 18.1. The smallest absolute Gasteiger partial charge is 0.359 e. The van der Waals surface area contributed by atoms with Gasteiger partial charge in [0, 0.05) is 48.2 Å². The van der Waals surface area contributed by atoms with E-state index in [-0.39, 0.29) is 5.91 Å². The Bertz CT molecular complexity index is 1190. The highest BCUT2D eigenvalue weighted by Crippen LogP contribution is 2.33. The lowest BCUT2D eigenvalue weighted by Gasteiger charge is -2.27. The number of fused-ring (bicyclic) bond motifs is 2. The highest BCUT2D eigenvalue weighted by Gasteiger charge is 2.33. The van der Waals surface area contributed by atoms with E-state index in [4.69, 9.17) is 4.74 Å². The van der Waals surface area contributed by atoms with E-state index in [0.717, 1.165) is 29.2 Å². The first-order valence-corrected chi connectivity index (χ1v) is 10.8. The third-order valence-corrected chi connectivity index (χ3v) is 5.97. The van der Waals surface area contributed by atoms with E-state index in [9.17, 15) is 9.59 Å². The van der Waals surface area contributed by atoms with Gasteiger partial charge >= 0.3 is 5.97 Å². The summed E-state index contributed by atoms with van der Waals surface area (Å²) in [5.74, 6) is 0.0412. The van der Waals surface area contributed by atoms with Gasteiger partial charge in [-0.3, -0.25) is 9.48 Å². The van der Waals surface area contributed by atoms with Crippen LogP contribution >= 0.6 is 0 Å². The number of carbonyl (C=O) groups excluding carboxylic acids is 2. The number of rotatable bonds is 5. The summed E-state index contributed by atoms with van der Waals surface area (Å²) in [6, 6.07) is 3.65. The van der Waals surface area contributed by atoms with Gasteiger partial charge in [0.15, 0.2) is 17.0 Å². The second kappa shape index (κ2) is 7.47. The summed E-state index contributed by atoms with van der Waals surface area (Å²) < 4.78 is 8.88. The minimum absolute atomic E-state index is 0.169. The molecule has 1 aliphatic carbocycles. The molecule has 0 spiro atoms. The Balaban J connectivity index is 1.45. The maximum absolute atomic E-state index is 13.3. The molecule has 0 radical (unpaired) electrons. The predicted molar refractivity (Wildman–Crippen MR) is 112 cm³/mol. The summed E-state index contributed by atoms with van der Waals surface area (Å²) in [6.07, 6.45) is 3.06. The van der Waals surface area contributed by atoms with Crippen molar-refractivity contribution < 1.29 is 14.3 Å². The van der Waals surface area contributed by atoms with Crippen LogP contribution in [0.2, 0.25) is 0 Å². The molecule has 3 aromatic heterocycles. The lowest BCUT2D eigenvalue weighted by Crippen LogP contribution is -2.37. The summed E-state index contributed by atoms with van der Waals surface area (Å²) in [5, 5.41) is 9.06. The minimum atomic E-state index is -0.425. The SMILES string of the molecule is CCOC(=O)c1nn(CC2CC2)c2c1CN(C(=O)c1cc3nc(C)cc(C)n3n1)CC2. The molecule has 0 saturated heterocycles. The lowest BCUT2D eigenvalue weighted by atomic mass is 10.0. The van der Waals surface area contributed by atoms with Crippen LogP contribution in [0.15, 0.2) is 12.1 Å². The molecular formula is C22H26N6O3. The van der Waals surface area contributed by atoms with Crippen LogP contribution in [0.3, 0.4) is 0 Å². The van der Waals surface area contributed by atoms with Crippen molar-refractivity contribution in [2.24, 2.45) is 5.92 Å². The normalized spacial score (nSPS) is 15.9. The van der Waals surface area contributed by atoms with E-state index >= 15 is 0 Å². The molecular weight excluding hydrogens is 396 g/mol. The average Bonchev–Trinajstić information content (AvgIpc) is 3.33. The fourth-order valence-electron chi connectivity index (χ4n) is 4.28. The van der Waals surface area contributed by atoms with Gasteiger partial charge in [0.05, 0.1) is 13.2 Å². The Morgan fingerprint density at radius 3 is 2.74 bits per heavy atom. The number of amides is 1. The second-order valence-corrected chi connectivity index (χ2v) is 8.44. The van der Waals surface area contributed by atoms with Crippen LogP contribution in [0.5, 0.6) is 0 Å². The first-order chi connectivity index (χ1) is 14.9. The van der Waals surface area contributed by atoms with E-state index in [2.05, 4.69) is 15.2 Å². The van der Waals surface area contributed by atoms with Crippen LogP contribution in [0, 0.1) is 19.8 Å². The number of hydrogen-bond donors (Lipinski definition) is 0. The maximum Gasteiger partial charge on any atom is 0.359 e. The lowest BCUT2D eigenvalue weighted by molar-refractivity contribution is 0.0513. The van der Waals surface area contributed by atoms with Gasteiger partial charge in [-0.15, -0.1) is 0 Å². The zero-order valence-corrected chi connectivity index (χ0v) is 18.1. The van der Waals surface area contributed by atoms with Crippen molar-refractivity contribution in [2.45, 2.75) is 53.1 Å². The quantitative estimate of drug-likeness (QED) is 0.586. The third-order valence-electron chi connectivity index (χ3n) is 5.97. The number of hydrogen-bond acceptors (Lipinski definition) is 6. The summed E-state index contributed by atoms with van der Waals surface area (Å²) in [6.45, 7) is 7.64. The van der Waals surface area contributed by atoms with Crippen LogP contribution in [-0.2, 0) is 24.2 Å². The molecule has 1 fully saturated rings. The molecule has 0 bridgehead atoms. The van der Waals surface area contributed by atoms with Crippen molar-refractivity contribution >= 4 is 17.5 Å². The minimum Gasteiger partial charge on any atom is -0.461 e. The molecule has 162 valence electrons. The van der Waals surface area contributed by atoms with Crippen molar-refractivity contribution in [1.29, 1.82) is 0 Å². The van der Waals surface area contributed by atoms with Gasteiger partial charge in [-0.05, 0) is 45.6 Å². The molecule has 1 amide bonds. The summed E-state index contributed by atoms with van der Waals surface area (Å²) in [5.41, 5.74) is 4.99. The molecule has 3 aromatic rings. The number of nitrogens with zero attached hydrogens (tertiary/aromatic N) is 6. The first kappa shape index (κ1) is 19.7. The first-order valence-electron chi connectivity index (χ1n) is 10.8. The van der Waals surface area contributed by atoms with Crippen molar-refractivity contribution in [1.82, 2.24) is 29.3 Å². The van der Waals surface area contributed by atoms with Crippen molar-refractivity contribution in [3.63, 3.8) is 0 Å². The van der Waals surface area contributed by atoms with Crippen LogP contribution < -0.4 is 0 Å². The monoisotopic (exact) mass is 422 g/mol. The van der Waals surface area contributed by atoms with Gasteiger partial charge in [0.25, 0.3) is 5.91 Å². The number of aromatic nitrogens is 5. The van der Waals surface area contributed by atoms with Gasteiger partial charge in [0.1, 0.15) is 0 Å². The molecule has 31 heavy (non-hydrogen) atoms. The Hall–Kier alpha value is -3.23. The van der Waals surface area contributed by atoms with Gasteiger partial charge in [0.2, 0.25) is 0 Å². The standard InChI is InChI=1S/C22H26N6O3/c1-4-31-22(30)20-16-12-26(8-7-18(16)27(25-20)11-15-5-6-15)21(29)17-10-19-23-13(2)9-14(3)28(19)24-17/h9-10,15H,4-8,11-12H2,1-3H3. The molecule has 9 heteroatoms. The summed E-state index contributed by atoms with van der Waals surface area (Å²) >= 11 is 0. The van der Waals surface area contributed by atoms with Crippen molar-refractivity contribution in [3.05, 3.63) is 46.2 Å². The topological polar surface area (TPSA) is 94.6 Å². The Kier molecular flexibility index (Phi) is 4.75. The van der Waals surface area contributed by atoms with E-state index < -0.39 is 5.97 Å². The number of aryl methyl sites for hydroxylation is 2. The average molecular weight is 422 g/mol. The number of carbonyl (C=O) groups is 2. The van der Waals surface area contributed by atoms with Gasteiger partial charge < -0.3 is 9.64 Å². The maximum atomic E-state index is 13.3. The molecule has 0 N–H and O–H groups in total. The fourth-order valence-corrected chi connectivity index (χ4v) is 4.28. The van der Waals surface area contributed by atoms with Crippen LogP contribution in [0.25, 0.3) is 5.65 Å². The molecule has 9 nitrogen and oxygen atoms in total. The van der Waals surface area contributed by atoms with E-state index in [0.29, 0.717) is 49.1 Å². The molecule has 0 unspecified atom stereocenters. The van der Waals surface area contributed by atoms with E-state index in [1.54, 1.807) is 22.4 Å². The molecule has 0 aromatic carbocycles. The van der Waals surface area contributed by atoms with Crippen molar-refractivity contribution in [2.75, 3.05) is 13.2 Å². The number of ether oxygens (including phenoxy) is 1.